The highest BCUT2D eigenvalue weighted by Gasteiger charge is 2.57. The Hall–Kier alpha value is -0.803. The Morgan fingerprint density at radius 2 is 1.96 bits per heavy atom. The molecule has 0 N–H and O–H groups in total. The third kappa shape index (κ3) is 2.95. The Bertz CT molecular complexity index is 668. The summed E-state index contributed by atoms with van der Waals surface area (Å²) in [4.78, 5) is 0. The molecule has 1 fully saturated rings. The molecule has 1 aromatic rings. The topological polar surface area (TPSA) is 22.4 Å². The minimum absolute atomic E-state index is 0.138. The van der Waals surface area contributed by atoms with E-state index in [1.165, 1.54) is 24.0 Å². The minimum Gasteiger partial charge on any atom is -0.472 e. The van der Waals surface area contributed by atoms with Crippen molar-refractivity contribution in [3.05, 3.63) is 36.3 Å². The highest BCUT2D eigenvalue weighted by Crippen LogP contribution is 2.60. The van der Waals surface area contributed by atoms with Crippen LogP contribution in [0.4, 0.5) is 0 Å². The van der Waals surface area contributed by atoms with Crippen LogP contribution >= 0.6 is 0 Å². The molecular formula is C23H38O2Si. The normalized spacial score (nSPS) is 34.9. The van der Waals surface area contributed by atoms with E-state index in [9.17, 15) is 0 Å². The van der Waals surface area contributed by atoms with Crippen LogP contribution in [0.2, 0.25) is 18.1 Å². The lowest BCUT2D eigenvalue weighted by Crippen LogP contribution is -2.58. The highest BCUT2D eigenvalue weighted by atomic mass is 28.4. The average Bonchev–Trinajstić information content (AvgIpc) is 2.99. The van der Waals surface area contributed by atoms with Crippen molar-refractivity contribution in [1.82, 2.24) is 0 Å². The Labute approximate surface area is 161 Å². The van der Waals surface area contributed by atoms with E-state index in [1.54, 1.807) is 0 Å². The van der Waals surface area contributed by atoms with E-state index in [-0.39, 0.29) is 15.9 Å². The van der Waals surface area contributed by atoms with E-state index in [2.05, 4.69) is 60.4 Å². The number of fused-ring (bicyclic) bond motifs is 3. The number of hydrogen-bond donors (Lipinski definition) is 0. The standard InChI is InChI=1S/C23H38O2Si/c1-9-13-23(6)19-11-10-17-15-24-16-18(17)22(19,5)14-12-20(23)25-26(7,8)21(2,3)4/h9,15-16,19-20H,1,10-14H2,2-8H3/t19-,20-,22-,23+/m0/s1. The van der Waals surface area contributed by atoms with Crippen LogP contribution < -0.4 is 0 Å². The Morgan fingerprint density at radius 1 is 1.27 bits per heavy atom. The van der Waals surface area contributed by atoms with Gasteiger partial charge in [-0.15, -0.1) is 6.58 Å². The van der Waals surface area contributed by atoms with Crippen molar-refractivity contribution in [1.29, 1.82) is 0 Å². The number of aryl methyl sites for hydroxylation is 1. The van der Waals surface area contributed by atoms with Crippen molar-refractivity contribution < 1.29 is 8.84 Å². The van der Waals surface area contributed by atoms with Crippen molar-refractivity contribution in [2.45, 2.75) is 96.4 Å². The molecule has 2 aliphatic carbocycles. The summed E-state index contributed by atoms with van der Waals surface area (Å²) < 4.78 is 12.7. The largest absolute Gasteiger partial charge is 0.472 e. The molecule has 3 rings (SSSR count). The second-order valence-electron chi connectivity index (χ2n) is 10.7. The zero-order valence-electron chi connectivity index (χ0n) is 17.9. The fourth-order valence-corrected chi connectivity index (χ4v) is 6.94. The summed E-state index contributed by atoms with van der Waals surface area (Å²) in [5, 5.41) is 0.243. The van der Waals surface area contributed by atoms with Crippen LogP contribution in [-0.4, -0.2) is 14.4 Å². The van der Waals surface area contributed by atoms with Gasteiger partial charge in [0.15, 0.2) is 8.32 Å². The lowest BCUT2D eigenvalue weighted by molar-refractivity contribution is -0.0755. The van der Waals surface area contributed by atoms with Gasteiger partial charge in [-0.2, -0.15) is 0 Å². The quantitative estimate of drug-likeness (QED) is 0.424. The van der Waals surface area contributed by atoms with Gasteiger partial charge >= 0.3 is 0 Å². The van der Waals surface area contributed by atoms with Gasteiger partial charge in [-0.1, -0.05) is 40.7 Å². The lowest BCUT2D eigenvalue weighted by atomic mass is 9.48. The molecule has 2 aliphatic rings. The summed E-state index contributed by atoms with van der Waals surface area (Å²) in [6.07, 6.45) is 12.2. The summed E-state index contributed by atoms with van der Waals surface area (Å²) in [6, 6.07) is 0. The van der Waals surface area contributed by atoms with Crippen molar-refractivity contribution in [3.63, 3.8) is 0 Å². The third-order valence-electron chi connectivity index (χ3n) is 8.11. The predicted molar refractivity (Wildman–Crippen MR) is 112 cm³/mol. The van der Waals surface area contributed by atoms with E-state index in [1.807, 2.05) is 12.5 Å². The molecule has 26 heavy (non-hydrogen) atoms. The molecule has 3 heteroatoms. The van der Waals surface area contributed by atoms with Gasteiger partial charge in [0.1, 0.15) is 0 Å². The Kier molecular flexibility index (Phi) is 4.89. The van der Waals surface area contributed by atoms with Crippen LogP contribution in [0.25, 0.3) is 0 Å². The van der Waals surface area contributed by atoms with Crippen LogP contribution in [0.15, 0.2) is 29.6 Å². The van der Waals surface area contributed by atoms with Crippen LogP contribution in [0, 0.1) is 11.3 Å². The zero-order valence-corrected chi connectivity index (χ0v) is 18.9. The molecule has 0 radical (unpaired) electrons. The molecule has 1 aromatic heterocycles. The maximum atomic E-state index is 7.04. The van der Waals surface area contributed by atoms with Crippen molar-refractivity contribution >= 4 is 8.32 Å². The summed E-state index contributed by atoms with van der Waals surface area (Å²) in [7, 11) is -1.80. The molecule has 146 valence electrons. The second-order valence-corrected chi connectivity index (χ2v) is 15.5. The fraction of sp³-hybridized carbons (Fsp3) is 0.739. The summed E-state index contributed by atoms with van der Waals surface area (Å²) >= 11 is 0. The molecular weight excluding hydrogens is 336 g/mol. The first-order valence-electron chi connectivity index (χ1n) is 10.3. The Morgan fingerprint density at radius 3 is 2.58 bits per heavy atom. The lowest BCUT2D eigenvalue weighted by Gasteiger charge is -2.59. The van der Waals surface area contributed by atoms with Crippen LogP contribution in [0.3, 0.4) is 0 Å². The number of rotatable bonds is 4. The third-order valence-corrected chi connectivity index (χ3v) is 12.6. The average molecular weight is 375 g/mol. The molecule has 2 nitrogen and oxygen atoms in total. The maximum absolute atomic E-state index is 7.04. The molecule has 0 bridgehead atoms. The van der Waals surface area contributed by atoms with E-state index in [4.69, 9.17) is 8.84 Å². The van der Waals surface area contributed by atoms with Crippen LogP contribution in [-0.2, 0) is 16.3 Å². The highest BCUT2D eigenvalue weighted by molar-refractivity contribution is 6.74. The van der Waals surface area contributed by atoms with Gasteiger partial charge in [-0.05, 0) is 78.1 Å². The van der Waals surface area contributed by atoms with E-state index < -0.39 is 8.32 Å². The van der Waals surface area contributed by atoms with Gasteiger partial charge in [0.05, 0.1) is 18.6 Å². The molecule has 0 spiro atoms. The van der Waals surface area contributed by atoms with Crippen molar-refractivity contribution in [2.24, 2.45) is 11.3 Å². The Balaban J connectivity index is 1.98. The van der Waals surface area contributed by atoms with E-state index >= 15 is 0 Å². The van der Waals surface area contributed by atoms with Gasteiger partial charge in [-0.3, -0.25) is 0 Å². The summed E-state index contributed by atoms with van der Waals surface area (Å²) in [5.41, 5.74) is 3.22. The smallest absolute Gasteiger partial charge is 0.192 e. The first-order valence-corrected chi connectivity index (χ1v) is 13.2. The predicted octanol–water partition coefficient (Wildman–Crippen LogP) is 6.87. The van der Waals surface area contributed by atoms with Crippen molar-refractivity contribution in [3.8, 4) is 0 Å². The molecule has 0 aromatic carbocycles. The van der Waals surface area contributed by atoms with E-state index in [0.717, 1.165) is 19.3 Å². The molecule has 1 heterocycles. The molecule has 1 saturated carbocycles. The van der Waals surface area contributed by atoms with Crippen LogP contribution in [0.5, 0.6) is 0 Å². The number of hydrogen-bond acceptors (Lipinski definition) is 2. The monoisotopic (exact) mass is 374 g/mol. The number of allylic oxidation sites excluding steroid dienone is 1. The van der Waals surface area contributed by atoms with Crippen LogP contribution in [0.1, 0.15) is 71.4 Å². The first kappa shape index (κ1) is 19.9. The maximum Gasteiger partial charge on any atom is 0.192 e. The fourth-order valence-electron chi connectivity index (χ4n) is 5.49. The summed E-state index contributed by atoms with van der Waals surface area (Å²) in [6.45, 7) is 20.9. The number of furan rings is 1. The molecule has 0 amide bonds. The van der Waals surface area contributed by atoms with Gasteiger partial charge in [0, 0.05) is 0 Å². The van der Waals surface area contributed by atoms with Gasteiger partial charge < -0.3 is 8.84 Å². The zero-order chi connectivity index (χ0) is 19.4. The minimum atomic E-state index is -1.80. The first-order chi connectivity index (χ1) is 12.0. The molecule has 0 unspecified atom stereocenters. The van der Waals surface area contributed by atoms with Gasteiger partial charge in [0.25, 0.3) is 0 Å². The molecule has 0 saturated heterocycles. The van der Waals surface area contributed by atoms with E-state index in [0.29, 0.717) is 12.0 Å². The molecule has 0 aliphatic heterocycles. The molecule has 4 atom stereocenters. The summed E-state index contributed by atoms with van der Waals surface area (Å²) in [5.74, 6) is 0.613. The SMILES string of the molecule is C=CC[C@@]1(C)[C@@H](O[Si](C)(C)C(C)(C)C)CC[C@@]2(C)c3cocc3CC[C@H]12. The van der Waals surface area contributed by atoms with Gasteiger partial charge in [-0.25, -0.2) is 0 Å². The van der Waals surface area contributed by atoms with Gasteiger partial charge in [0.2, 0.25) is 0 Å². The second kappa shape index (κ2) is 6.37. The van der Waals surface area contributed by atoms with Crippen molar-refractivity contribution in [2.75, 3.05) is 0 Å².